The number of nitrogens with zero attached hydrogens (tertiary/aromatic N) is 1. The van der Waals surface area contributed by atoms with Crippen LogP contribution in [-0.2, 0) is 4.79 Å². The van der Waals surface area contributed by atoms with E-state index in [-0.39, 0.29) is 12.3 Å². The van der Waals surface area contributed by atoms with Crippen LogP contribution in [-0.4, -0.2) is 29.9 Å². The van der Waals surface area contributed by atoms with Gasteiger partial charge in [-0.15, -0.1) is 0 Å². The Kier molecular flexibility index (Phi) is 6.24. The highest BCUT2D eigenvalue weighted by atomic mass is 79.9. The van der Waals surface area contributed by atoms with E-state index < -0.39 is 12.1 Å². The molecule has 3 amide bonds. The molecule has 1 aliphatic rings. The van der Waals surface area contributed by atoms with Crippen molar-refractivity contribution in [2.24, 2.45) is 5.73 Å². The van der Waals surface area contributed by atoms with Crippen molar-refractivity contribution in [3.8, 4) is 0 Å². The number of hydrogen-bond donors (Lipinski definition) is 2. The van der Waals surface area contributed by atoms with Crippen molar-refractivity contribution in [1.29, 1.82) is 0 Å². The monoisotopic (exact) mass is 367 g/mol. The highest BCUT2D eigenvalue weighted by Crippen LogP contribution is 2.22. The quantitative estimate of drug-likeness (QED) is 0.858. The molecule has 0 saturated carbocycles. The Labute approximate surface area is 139 Å². The van der Waals surface area contributed by atoms with Crippen molar-refractivity contribution in [2.75, 3.05) is 13.1 Å². The van der Waals surface area contributed by atoms with Crippen LogP contribution < -0.4 is 11.1 Å². The number of carbonyl (C=O) groups is 2. The molecule has 6 heteroatoms. The van der Waals surface area contributed by atoms with E-state index in [0.717, 1.165) is 36.0 Å². The lowest BCUT2D eigenvalue weighted by atomic mass is 10.0. The molecule has 0 bridgehead atoms. The Hall–Kier alpha value is -1.56. The van der Waals surface area contributed by atoms with Crippen LogP contribution in [0.4, 0.5) is 4.79 Å². The molecule has 0 aliphatic carbocycles. The molecular weight excluding hydrogens is 346 g/mol. The van der Waals surface area contributed by atoms with Gasteiger partial charge in [-0.3, -0.25) is 4.79 Å². The summed E-state index contributed by atoms with van der Waals surface area (Å²) in [6.07, 6.45) is 4.70. The molecule has 0 radical (unpaired) electrons. The second-order valence-electron chi connectivity index (χ2n) is 5.62. The van der Waals surface area contributed by atoms with Gasteiger partial charge in [0.05, 0.1) is 12.5 Å². The van der Waals surface area contributed by atoms with Crippen LogP contribution in [0.3, 0.4) is 0 Å². The molecule has 5 nitrogen and oxygen atoms in total. The number of nitrogens with two attached hydrogens (primary N) is 1. The second-order valence-corrected chi connectivity index (χ2v) is 6.53. The summed E-state index contributed by atoms with van der Waals surface area (Å²) in [4.78, 5) is 25.7. The molecule has 3 N–H and O–H groups in total. The van der Waals surface area contributed by atoms with Crippen LogP contribution in [0.5, 0.6) is 0 Å². The van der Waals surface area contributed by atoms with E-state index in [4.69, 9.17) is 5.73 Å². The minimum atomic E-state index is -0.617. The molecule has 2 rings (SSSR count). The van der Waals surface area contributed by atoms with Crippen LogP contribution in [0.25, 0.3) is 0 Å². The standard InChI is InChI=1S/C16H22BrN3O2/c17-13-7-5-6-12(10-13)14(19-16(18)22)11-15(21)20-8-3-1-2-4-9-20/h5-7,10,14H,1-4,8-9,11H2,(H3,18,19,22)/t14-/m1/s1. The molecule has 0 unspecified atom stereocenters. The number of likely N-dealkylation sites (tertiary alicyclic amines) is 1. The fraction of sp³-hybridized carbons (Fsp3) is 0.500. The Morgan fingerprint density at radius 2 is 1.91 bits per heavy atom. The van der Waals surface area contributed by atoms with Crippen molar-refractivity contribution in [2.45, 2.75) is 38.1 Å². The van der Waals surface area contributed by atoms with Gasteiger partial charge < -0.3 is 16.0 Å². The third-order valence-corrected chi connectivity index (χ3v) is 4.40. The van der Waals surface area contributed by atoms with Gasteiger partial charge >= 0.3 is 6.03 Å². The number of halogens is 1. The molecule has 1 fully saturated rings. The van der Waals surface area contributed by atoms with Gasteiger partial charge in [-0.2, -0.15) is 0 Å². The van der Waals surface area contributed by atoms with E-state index in [9.17, 15) is 9.59 Å². The molecule has 0 aromatic heterocycles. The molecule has 1 heterocycles. The van der Waals surface area contributed by atoms with Gasteiger partial charge in [0.2, 0.25) is 5.91 Å². The predicted molar refractivity (Wildman–Crippen MR) is 89.3 cm³/mol. The molecule has 1 aromatic carbocycles. The maximum atomic E-state index is 12.5. The largest absolute Gasteiger partial charge is 0.352 e. The molecule has 0 spiro atoms. The maximum Gasteiger partial charge on any atom is 0.312 e. The first-order valence-electron chi connectivity index (χ1n) is 7.65. The summed E-state index contributed by atoms with van der Waals surface area (Å²) in [5.74, 6) is 0.0700. The number of benzene rings is 1. The van der Waals surface area contributed by atoms with Crippen molar-refractivity contribution >= 4 is 27.9 Å². The van der Waals surface area contributed by atoms with Gasteiger partial charge in [0.15, 0.2) is 0 Å². The summed E-state index contributed by atoms with van der Waals surface area (Å²) >= 11 is 3.41. The number of nitrogens with one attached hydrogen (secondary N) is 1. The molecule has 1 aliphatic heterocycles. The zero-order valence-electron chi connectivity index (χ0n) is 12.6. The topological polar surface area (TPSA) is 75.4 Å². The van der Waals surface area contributed by atoms with E-state index in [2.05, 4.69) is 21.2 Å². The summed E-state index contributed by atoms with van der Waals surface area (Å²) in [7, 11) is 0. The SMILES string of the molecule is NC(=O)N[C@H](CC(=O)N1CCCCCC1)c1cccc(Br)c1. The number of amides is 3. The lowest BCUT2D eigenvalue weighted by Gasteiger charge is -2.24. The van der Waals surface area contributed by atoms with Crippen LogP contribution in [0.2, 0.25) is 0 Å². The van der Waals surface area contributed by atoms with Gasteiger partial charge in [-0.1, -0.05) is 40.9 Å². The van der Waals surface area contributed by atoms with E-state index >= 15 is 0 Å². The molecule has 22 heavy (non-hydrogen) atoms. The number of rotatable bonds is 4. The third kappa shape index (κ3) is 5.02. The van der Waals surface area contributed by atoms with E-state index in [0.29, 0.717) is 0 Å². The first kappa shape index (κ1) is 16.8. The number of carbonyl (C=O) groups excluding carboxylic acids is 2. The van der Waals surface area contributed by atoms with Gasteiger partial charge in [0.25, 0.3) is 0 Å². The van der Waals surface area contributed by atoms with Crippen LogP contribution in [0.1, 0.15) is 43.7 Å². The van der Waals surface area contributed by atoms with Crippen molar-refractivity contribution in [1.82, 2.24) is 10.2 Å². The van der Waals surface area contributed by atoms with Crippen LogP contribution in [0.15, 0.2) is 28.7 Å². The smallest absolute Gasteiger partial charge is 0.312 e. The predicted octanol–water partition coefficient (Wildman–Crippen LogP) is 2.95. The molecule has 1 saturated heterocycles. The summed E-state index contributed by atoms with van der Waals surface area (Å²) in [5, 5.41) is 2.68. The highest BCUT2D eigenvalue weighted by molar-refractivity contribution is 9.10. The van der Waals surface area contributed by atoms with E-state index in [1.807, 2.05) is 29.2 Å². The summed E-state index contributed by atoms with van der Waals surface area (Å²) in [5.41, 5.74) is 6.13. The number of primary amides is 1. The lowest BCUT2D eigenvalue weighted by molar-refractivity contribution is -0.131. The van der Waals surface area contributed by atoms with Crippen molar-refractivity contribution < 1.29 is 9.59 Å². The van der Waals surface area contributed by atoms with Gasteiger partial charge in [-0.05, 0) is 30.5 Å². The molecule has 120 valence electrons. The Balaban J connectivity index is 2.08. The maximum absolute atomic E-state index is 12.5. The normalized spacial score (nSPS) is 16.7. The second kappa shape index (κ2) is 8.17. The first-order valence-corrected chi connectivity index (χ1v) is 8.45. The Morgan fingerprint density at radius 1 is 1.23 bits per heavy atom. The molecule has 1 aromatic rings. The third-order valence-electron chi connectivity index (χ3n) is 3.91. The van der Waals surface area contributed by atoms with Crippen molar-refractivity contribution in [3.63, 3.8) is 0 Å². The lowest BCUT2D eigenvalue weighted by Crippen LogP contribution is -2.38. The first-order chi connectivity index (χ1) is 10.6. The summed E-state index contributed by atoms with van der Waals surface area (Å²) < 4.78 is 0.906. The van der Waals surface area contributed by atoms with Gasteiger partial charge in [0, 0.05) is 17.6 Å². The Morgan fingerprint density at radius 3 is 2.50 bits per heavy atom. The highest BCUT2D eigenvalue weighted by Gasteiger charge is 2.22. The van der Waals surface area contributed by atoms with Crippen LogP contribution in [0, 0.1) is 0 Å². The number of urea groups is 1. The van der Waals surface area contributed by atoms with E-state index in [1.165, 1.54) is 12.8 Å². The summed E-state index contributed by atoms with van der Waals surface area (Å²) in [6.45, 7) is 1.61. The fourth-order valence-electron chi connectivity index (χ4n) is 2.77. The zero-order valence-corrected chi connectivity index (χ0v) is 14.1. The molecule has 1 atom stereocenters. The minimum absolute atomic E-state index is 0.0700. The Bertz CT molecular complexity index is 528. The average Bonchev–Trinajstić information content (AvgIpc) is 2.75. The van der Waals surface area contributed by atoms with Crippen LogP contribution >= 0.6 is 15.9 Å². The van der Waals surface area contributed by atoms with E-state index in [1.54, 1.807) is 0 Å². The van der Waals surface area contributed by atoms with Gasteiger partial charge in [-0.25, -0.2) is 4.79 Å². The summed E-state index contributed by atoms with van der Waals surface area (Å²) in [6, 6.07) is 6.56. The average molecular weight is 368 g/mol. The van der Waals surface area contributed by atoms with Gasteiger partial charge in [0.1, 0.15) is 0 Å². The fourth-order valence-corrected chi connectivity index (χ4v) is 3.19. The zero-order chi connectivity index (χ0) is 15.9. The molecular formula is C16H22BrN3O2. The minimum Gasteiger partial charge on any atom is -0.352 e. The van der Waals surface area contributed by atoms with Crippen molar-refractivity contribution in [3.05, 3.63) is 34.3 Å². The number of hydrogen-bond acceptors (Lipinski definition) is 2.